The SMILES string of the molecule is Cn1c(CN2CCN(C(=O)COc3ccc(F)cc3)CC2)nc2ccccc21. The van der Waals surface area contributed by atoms with Gasteiger partial charge in [-0.2, -0.15) is 0 Å². The number of benzene rings is 2. The van der Waals surface area contributed by atoms with E-state index in [0.717, 1.165) is 36.5 Å². The molecule has 4 rings (SSSR count). The predicted octanol–water partition coefficient (Wildman–Crippen LogP) is 2.44. The normalized spacial score (nSPS) is 15.1. The summed E-state index contributed by atoms with van der Waals surface area (Å²) in [5.74, 6) is 1.15. The van der Waals surface area contributed by atoms with Gasteiger partial charge in [0.25, 0.3) is 5.91 Å². The Morgan fingerprint density at radius 2 is 1.79 bits per heavy atom. The number of para-hydroxylation sites is 2. The van der Waals surface area contributed by atoms with Crippen molar-refractivity contribution in [2.45, 2.75) is 6.54 Å². The maximum atomic E-state index is 12.9. The predicted molar refractivity (Wildman–Crippen MR) is 104 cm³/mol. The minimum Gasteiger partial charge on any atom is -0.484 e. The van der Waals surface area contributed by atoms with Gasteiger partial charge in [0.05, 0.1) is 17.6 Å². The first-order valence-electron chi connectivity index (χ1n) is 9.39. The molecule has 146 valence electrons. The number of aryl methyl sites for hydroxylation is 1. The summed E-state index contributed by atoms with van der Waals surface area (Å²) in [7, 11) is 2.04. The standard InChI is InChI=1S/C21H23FN4O2/c1-24-19-5-3-2-4-18(19)23-20(24)14-25-10-12-26(13-11-25)21(27)15-28-17-8-6-16(22)7-9-17/h2-9H,10-15H2,1H3. The molecule has 1 aliphatic heterocycles. The van der Waals surface area contributed by atoms with E-state index in [1.165, 1.54) is 24.3 Å². The van der Waals surface area contributed by atoms with Crippen LogP contribution in [0.2, 0.25) is 0 Å². The maximum Gasteiger partial charge on any atom is 0.260 e. The molecule has 1 aromatic heterocycles. The fraction of sp³-hybridized carbons (Fsp3) is 0.333. The number of hydrogen-bond donors (Lipinski definition) is 0. The van der Waals surface area contributed by atoms with Crippen LogP contribution in [0.15, 0.2) is 48.5 Å². The molecule has 6 nitrogen and oxygen atoms in total. The van der Waals surface area contributed by atoms with Crippen LogP contribution in [0.5, 0.6) is 5.75 Å². The summed E-state index contributed by atoms with van der Waals surface area (Å²) < 4.78 is 20.5. The average Bonchev–Trinajstić information content (AvgIpc) is 3.03. The number of carbonyl (C=O) groups excluding carboxylic acids is 1. The fourth-order valence-electron chi connectivity index (χ4n) is 3.46. The van der Waals surface area contributed by atoms with Crippen LogP contribution >= 0.6 is 0 Å². The zero-order valence-electron chi connectivity index (χ0n) is 15.8. The summed E-state index contributed by atoms with van der Waals surface area (Å²) in [6, 6.07) is 13.8. The molecule has 0 N–H and O–H groups in total. The highest BCUT2D eigenvalue weighted by atomic mass is 19.1. The number of carbonyl (C=O) groups is 1. The molecule has 0 atom stereocenters. The van der Waals surface area contributed by atoms with Gasteiger partial charge in [0, 0.05) is 33.2 Å². The summed E-state index contributed by atoms with van der Waals surface area (Å²) in [4.78, 5) is 21.2. The molecule has 3 aromatic rings. The minimum atomic E-state index is -0.324. The molecule has 1 fully saturated rings. The molecule has 0 bridgehead atoms. The third-order valence-electron chi connectivity index (χ3n) is 5.15. The van der Waals surface area contributed by atoms with Crippen LogP contribution in [0.3, 0.4) is 0 Å². The van der Waals surface area contributed by atoms with Gasteiger partial charge in [-0.15, -0.1) is 0 Å². The average molecular weight is 382 g/mol. The minimum absolute atomic E-state index is 0.0314. The van der Waals surface area contributed by atoms with Gasteiger partial charge in [-0.25, -0.2) is 9.37 Å². The second-order valence-electron chi connectivity index (χ2n) is 6.98. The number of halogens is 1. The van der Waals surface area contributed by atoms with Gasteiger partial charge in [0.1, 0.15) is 17.4 Å². The number of nitrogens with zero attached hydrogens (tertiary/aromatic N) is 4. The molecule has 1 aliphatic rings. The van der Waals surface area contributed by atoms with Crippen molar-refractivity contribution in [1.29, 1.82) is 0 Å². The van der Waals surface area contributed by atoms with E-state index in [1.54, 1.807) is 0 Å². The summed E-state index contributed by atoms with van der Waals surface area (Å²) in [5.41, 5.74) is 2.14. The Hall–Kier alpha value is -2.93. The van der Waals surface area contributed by atoms with Gasteiger partial charge in [0.15, 0.2) is 6.61 Å². The van der Waals surface area contributed by atoms with Gasteiger partial charge in [-0.05, 0) is 36.4 Å². The number of piperazine rings is 1. The Bertz CT molecular complexity index is 962. The maximum absolute atomic E-state index is 12.9. The highest BCUT2D eigenvalue weighted by Gasteiger charge is 2.22. The highest BCUT2D eigenvalue weighted by molar-refractivity contribution is 5.78. The molecule has 1 saturated heterocycles. The number of hydrogen-bond acceptors (Lipinski definition) is 4. The molecule has 0 radical (unpaired) electrons. The number of rotatable bonds is 5. The first-order valence-corrected chi connectivity index (χ1v) is 9.39. The Labute approximate surface area is 163 Å². The lowest BCUT2D eigenvalue weighted by molar-refractivity contribution is -0.135. The third-order valence-corrected chi connectivity index (χ3v) is 5.15. The number of amides is 1. The quantitative estimate of drug-likeness (QED) is 0.680. The van der Waals surface area contributed by atoms with Crippen molar-refractivity contribution in [2.24, 2.45) is 7.05 Å². The summed E-state index contributed by atoms with van der Waals surface area (Å²) in [6.45, 7) is 3.65. The van der Waals surface area contributed by atoms with E-state index in [2.05, 4.69) is 15.5 Å². The largest absolute Gasteiger partial charge is 0.484 e. The first kappa shape index (κ1) is 18.4. The molecule has 2 heterocycles. The van der Waals surface area contributed by atoms with Crippen molar-refractivity contribution >= 4 is 16.9 Å². The molecular formula is C21H23FN4O2. The Balaban J connectivity index is 1.28. The zero-order chi connectivity index (χ0) is 19.5. The molecule has 0 aliphatic carbocycles. The van der Waals surface area contributed by atoms with E-state index in [9.17, 15) is 9.18 Å². The van der Waals surface area contributed by atoms with Gasteiger partial charge < -0.3 is 14.2 Å². The molecular weight excluding hydrogens is 359 g/mol. The lowest BCUT2D eigenvalue weighted by Gasteiger charge is -2.34. The number of fused-ring (bicyclic) bond motifs is 1. The Kier molecular flexibility index (Phi) is 5.25. The molecule has 0 unspecified atom stereocenters. The van der Waals surface area contributed by atoms with Crippen LogP contribution in [-0.2, 0) is 18.4 Å². The van der Waals surface area contributed by atoms with E-state index < -0.39 is 0 Å². The lowest BCUT2D eigenvalue weighted by atomic mass is 10.3. The monoisotopic (exact) mass is 382 g/mol. The van der Waals surface area contributed by atoms with Crippen LogP contribution < -0.4 is 4.74 Å². The smallest absolute Gasteiger partial charge is 0.260 e. The van der Waals surface area contributed by atoms with Gasteiger partial charge in [-0.1, -0.05) is 12.1 Å². The first-order chi connectivity index (χ1) is 13.6. The van der Waals surface area contributed by atoms with Crippen LogP contribution in [-0.4, -0.2) is 58.0 Å². The zero-order valence-corrected chi connectivity index (χ0v) is 15.8. The van der Waals surface area contributed by atoms with Gasteiger partial charge in [-0.3, -0.25) is 9.69 Å². The van der Waals surface area contributed by atoms with E-state index in [-0.39, 0.29) is 18.3 Å². The van der Waals surface area contributed by atoms with Crippen molar-refractivity contribution in [1.82, 2.24) is 19.4 Å². The number of ether oxygens (including phenoxy) is 1. The summed E-state index contributed by atoms with van der Waals surface area (Å²) in [5, 5.41) is 0. The Morgan fingerprint density at radius 1 is 1.07 bits per heavy atom. The van der Waals surface area contributed by atoms with Crippen molar-refractivity contribution in [3.8, 4) is 5.75 Å². The van der Waals surface area contributed by atoms with E-state index >= 15 is 0 Å². The van der Waals surface area contributed by atoms with Crippen molar-refractivity contribution in [3.63, 3.8) is 0 Å². The van der Waals surface area contributed by atoms with E-state index in [1.807, 2.05) is 30.1 Å². The fourth-order valence-corrected chi connectivity index (χ4v) is 3.46. The molecule has 0 saturated carbocycles. The second kappa shape index (κ2) is 7.98. The molecule has 1 amide bonds. The van der Waals surface area contributed by atoms with Crippen LogP contribution in [0.1, 0.15) is 5.82 Å². The molecule has 28 heavy (non-hydrogen) atoms. The molecule has 7 heteroatoms. The number of aromatic nitrogens is 2. The van der Waals surface area contributed by atoms with Crippen molar-refractivity contribution < 1.29 is 13.9 Å². The van der Waals surface area contributed by atoms with E-state index in [4.69, 9.17) is 9.72 Å². The molecule has 2 aromatic carbocycles. The van der Waals surface area contributed by atoms with Gasteiger partial charge >= 0.3 is 0 Å². The highest BCUT2D eigenvalue weighted by Crippen LogP contribution is 2.16. The van der Waals surface area contributed by atoms with Crippen molar-refractivity contribution in [2.75, 3.05) is 32.8 Å². The van der Waals surface area contributed by atoms with Crippen LogP contribution in [0, 0.1) is 5.82 Å². The lowest BCUT2D eigenvalue weighted by Crippen LogP contribution is -2.49. The molecule has 0 spiro atoms. The van der Waals surface area contributed by atoms with Crippen LogP contribution in [0.4, 0.5) is 4.39 Å². The summed E-state index contributed by atoms with van der Waals surface area (Å²) >= 11 is 0. The van der Waals surface area contributed by atoms with Gasteiger partial charge in [0.2, 0.25) is 0 Å². The topological polar surface area (TPSA) is 50.6 Å². The van der Waals surface area contributed by atoms with Crippen molar-refractivity contribution in [3.05, 3.63) is 60.2 Å². The number of imidazole rings is 1. The third kappa shape index (κ3) is 3.99. The second-order valence-corrected chi connectivity index (χ2v) is 6.98. The van der Waals surface area contributed by atoms with Crippen LogP contribution in [0.25, 0.3) is 11.0 Å². The van der Waals surface area contributed by atoms with E-state index in [0.29, 0.717) is 18.8 Å². The Morgan fingerprint density at radius 3 is 2.50 bits per heavy atom. The summed E-state index contributed by atoms with van der Waals surface area (Å²) in [6.07, 6.45) is 0.